The Balaban J connectivity index is 1.77. The number of rotatable bonds is 1. The molecule has 0 N–H and O–H groups in total. The summed E-state index contributed by atoms with van der Waals surface area (Å²) in [6.07, 6.45) is 8.86. The van der Waals surface area contributed by atoms with E-state index >= 15 is 0 Å². The Hall–Kier alpha value is -0.0800. The van der Waals surface area contributed by atoms with Crippen molar-refractivity contribution in [1.82, 2.24) is 10.2 Å². The van der Waals surface area contributed by atoms with Gasteiger partial charge in [-0.1, -0.05) is 19.3 Å². The van der Waals surface area contributed by atoms with Gasteiger partial charge in [-0.05, 0) is 19.3 Å². The largest absolute Gasteiger partial charge is 0.287 e. The fraction of sp³-hybridized carbons (Fsp3) is 1.00. The minimum Gasteiger partial charge on any atom is -0.287 e. The highest BCUT2D eigenvalue weighted by Gasteiger charge is 2.24. The molecule has 1 radical (unpaired) electrons. The predicted molar refractivity (Wildman–Crippen MR) is 50.1 cm³/mol. The maximum absolute atomic E-state index is 4.73. The van der Waals surface area contributed by atoms with E-state index in [1.54, 1.807) is 0 Å². The first-order valence-corrected chi connectivity index (χ1v) is 5.37. The average molecular weight is 167 g/mol. The molecule has 0 bridgehead atoms. The summed E-state index contributed by atoms with van der Waals surface area (Å²) in [5, 5.41) is 4.73. The Labute approximate surface area is 75.3 Å². The molecule has 0 aromatic rings. The van der Waals surface area contributed by atoms with Crippen molar-refractivity contribution in [2.45, 2.75) is 44.7 Å². The Morgan fingerprint density at radius 1 is 0.917 bits per heavy atom. The van der Waals surface area contributed by atoms with Crippen LogP contribution in [0.1, 0.15) is 38.5 Å². The first kappa shape index (κ1) is 8.52. The van der Waals surface area contributed by atoms with Crippen molar-refractivity contribution in [2.75, 3.05) is 19.6 Å². The molecule has 1 unspecified atom stereocenters. The standard InChI is InChI=1S/C10H19N2/c1-2-4-7-11-10(6-3-1)12-8-5-9-12/h10H,1-9H2. The summed E-state index contributed by atoms with van der Waals surface area (Å²) in [6.45, 7) is 3.71. The van der Waals surface area contributed by atoms with Gasteiger partial charge in [0.2, 0.25) is 0 Å². The van der Waals surface area contributed by atoms with Crippen LogP contribution in [0.4, 0.5) is 0 Å². The summed E-state index contributed by atoms with van der Waals surface area (Å²) < 4.78 is 0. The molecule has 1 atom stereocenters. The molecule has 2 nitrogen and oxygen atoms in total. The Morgan fingerprint density at radius 2 is 1.75 bits per heavy atom. The highest BCUT2D eigenvalue weighted by molar-refractivity contribution is 4.77. The maximum Gasteiger partial charge on any atom is 0.0760 e. The minimum absolute atomic E-state index is 0.596. The van der Waals surface area contributed by atoms with Crippen molar-refractivity contribution < 1.29 is 0 Å². The van der Waals surface area contributed by atoms with Gasteiger partial charge in [0.1, 0.15) is 0 Å². The fourth-order valence-corrected chi connectivity index (χ4v) is 2.06. The van der Waals surface area contributed by atoms with E-state index in [-0.39, 0.29) is 0 Å². The zero-order chi connectivity index (χ0) is 8.23. The molecular formula is C10H19N2. The van der Waals surface area contributed by atoms with E-state index in [9.17, 15) is 0 Å². The second kappa shape index (κ2) is 4.24. The van der Waals surface area contributed by atoms with Crippen molar-refractivity contribution >= 4 is 0 Å². The van der Waals surface area contributed by atoms with Crippen LogP contribution < -0.4 is 5.32 Å². The lowest BCUT2D eigenvalue weighted by Gasteiger charge is -2.38. The number of hydrogen-bond donors (Lipinski definition) is 0. The lowest BCUT2D eigenvalue weighted by atomic mass is 10.1. The van der Waals surface area contributed by atoms with Gasteiger partial charge < -0.3 is 0 Å². The van der Waals surface area contributed by atoms with Crippen LogP contribution in [-0.2, 0) is 0 Å². The van der Waals surface area contributed by atoms with Crippen LogP contribution in [0, 0.1) is 0 Å². The smallest absolute Gasteiger partial charge is 0.0760 e. The zero-order valence-corrected chi connectivity index (χ0v) is 7.84. The van der Waals surface area contributed by atoms with E-state index in [2.05, 4.69) is 4.90 Å². The van der Waals surface area contributed by atoms with Gasteiger partial charge in [0.25, 0.3) is 0 Å². The summed E-state index contributed by atoms with van der Waals surface area (Å²) in [5.41, 5.74) is 0. The Bertz CT molecular complexity index is 124. The minimum atomic E-state index is 0.596. The summed E-state index contributed by atoms with van der Waals surface area (Å²) >= 11 is 0. The topological polar surface area (TPSA) is 17.3 Å². The van der Waals surface area contributed by atoms with Crippen molar-refractivity contribution in [1.29, 1.82) is 0 Å². The summed E-state index contributed by atoms with van der Waals surface area (Å²) in [6, 6.07) is 0. The molecule has 0 aromatic carbocycles. The van der Waals surface area contributed by atoms with Crippen molar-refractivity contribution in [3.05, 3.63) is 0 Å². The monoisotopic (exact) mass is 167 g/mol. The van der Waals surface area contributed by atoms with E-state index in [0.717, 1.165) is 6.54 Å². The molecule has 0 aromatic heterocycles. The molecule has 2 aliphatic heterocycles. The second-order valence-electron chi connectivity index (χ2n) is 3.98. The van der Waals surface area contributed by atoms with Crippen LogP contribution in [0.5, 0.6) is 0 Å². The molecule has 2 aliphatic rings. The van der Waals surface area contributed by atoms with Crippen molar-refractivity contribution in [3.8, 4) is 0 Å². The zero-order valence-electron chi connectivity index (χ0n) is 7.84. The first-order chi connectivity index (χ1) is 5.97. The summed E-state index contributed by atoms with van der Waals surface area (Å²) in [4.78, 5) is 2.53. The molecule has 2 heterocycles. The molecule has 69 valence electrons. The summed E-state index contributed by atoms with van der Waals surface area (Å²) in [5.74, 6) is 0. The number of hydrogen-bond acceptors (Lipinski definition) is 1. The molecule has 0 amide bonds. The van der Waals surface area contributed by atoms with Gasteiger partial charge in [-0.2, -0.15) is 0 Å². The highest BCUT2D eigenvalue weighted by atomic mass is 15.3. The Kier molecular flexibility index (Phi) is 3.01. The fourth-order valence-electron chi connectivity index (χ4n) is 2.06. The molecule has 2 heteroatoms. The van der Waals surface area contributed by atoms with Gasteiger partial charge in [0.15, 0.2) is 0 Å². The predicted octanol–water partition coefficient (Wildman–Crippen LogP) is 1.59. The first-order valence-electron chi connectivity index (χ1n) is 5.37. The van der Waals surface area contributed by atoms with Crippen LogP contribution in [0.25, 0.3) is 0 Å². The van der Waals surface area contributed by atoms with E-state index in [4.69, 9.17) is 5.32 Å². The third-order valence-electron chi connectivity index (χ3n) is 3.02. The highest BCUT2D eigenvalue weighted by Crippen LogP contribution is 2.18. The SMILES string of the molecule is C1CCCC(N2CCC2)[N]CC1. The lowest BCUT2D eigenvalue weighted by Crippen LogP contribution is -2.50. The molecule has 0 spiro atoms. The van der Waals surface area contributed by atoms with Gasteiger partial charge in [0.05, 0.1) is 6.17 Å². The van der Waals surface area contributed by atoms with E-state index in [1.807, 2.05) is 0 Å². The van der Waals surface area contributed by atoms with Crippen LogP contribution in [-0.4, -0.2) is 30.7 Å². The molecule has 2 fully saturated rings. The lowest BCUT2D eigenvalue weighted by molar-refractivity contribution is 0.0810. The third kappa shape index (κ3) is 1.99. The molecular weight excluding hydrogens is 148 g/mol. The number of likely N-dealkylation sites (tertiary alicyclic amines) is 1. The van der Waals surface area contributed by atoms with Crippen molar-refractivity contribution in [2.24, 2.45) is 0 Å². The average Bonchev–Trinajstić information content (AvgIpc) is 1.90. The van der Waals surface area contributed by atoms with Crippen molar-refractivity contribution in [3.63, 3.8) is 0 Å². The second-order valence-corrected chi connectivity index (χ2v) is 3.98. The molecule has 0 saturated carbocycles. The van der Waals surface area contributed by atoms with Gasteiger partial charge in [-0.15, -0.1) is 0 Å². The number of nitrogens with zero attached hydrogens (tertiary/aromatic N) is 2. The molecule has 2 saturated heterocycles. The van der Waals surface area contributed by atoms with E-state index < -0.39 is 0 Å². The normalized spacial score (nSPS) is 33.5. The molecule has 2 rings (SSSR count). The molecule has 12 heavy (non-hydrogen) atoms. The van der Waals surface area contributed by atoms with Crippen LogP contribution in [0.15, 0.2) is 0 Å². The van der Waals surface area contributed by atoms with E-state index in [1.165, 1.54) is 51.6 Å². The van der Waals surface area contributed by atoms with Gasteiger partial charge in [-0.25, -0.2) is 5.32 Å². The summed E-state index contributed by atoms with van der Waals surface area (Å²) in [7, 11) is 0. The molecule has 0 aliphatic carbocycles. The Morgan fingerprint density at radius 3 is 2.50 bits per heavy atom. The van der Waals surface area contributed by atoms with Crippen LogP contribution >= 0.6 is 0 Å². The van der Waals surface area contributed by atoms with Gasteiger partial charge in [-0.3, -0.25) is 4.90 Å². The van der Waals surface area contributed by atoms with Gasteiger partial charge >= 0.3 is 0 Å². The van der Waals surface area contributed by atoms with Crippen LogP contribution in [0.3, 0.4) is 0 Å². The van der Waals surface area contributed by atoms with E-state index in [0.29, 0.717) is 6.17 Å². The maximum atomic E-state index is 4.73. The van der Waals surface area contributed by atoms with Crippen LogP contribution in [0.2, 0.25) is 0 Å². The third-order valence-corrected chi connectivity index (χ3v) is 3.02. The van der Waals surface area contributed by atoms with Gasteiger partial charge in [0, 0.05) is 19.6 Å². The quantitative estimate of drug-likeness (QED) is 0.579.